The first-order chi connectivity index (χ1) is 9.06. The van der Waals surface area contributed by atoms with Crippen LogP contribution in [-0.4, -0.2) is 47.2 Å². The van der Waals surface area contributed by atoms with Crippen LogP contribution in [0.25, 0.3) is 0 Å². The molecule has 1 saturated heterocycles. The largest absolute Gasteiger partial charge is 0.479 e. The summed E-state index contributed by atoms with van der Waals surface area (Å²) in [6, 6.07) is 0. The molecule has 0 bridgehead atoms. The maximum absolute atomic E-state index is 12.3. The lowest BCUT2D eigenvalue weighted by Gasteiger charge is -2.41. The van der Waals surface area contributed by atoms with Crippen LogP contribution >= 0.6 is 0 Å². The molecular formula is C14H23NO4. The molecule has 108 valence electrons. The van der Waals surface area contributed by atoms with Gasteiger partial charge in [-0.05, 0) is 25.7 Å². The third-order valence-corrected chi connectivity index (χ3v) is 4.52. The minimum absolute atomic E-state index is 0.0237. The van der Waals surface area contributed by atoms with Gasteiger partial charge in [-0.3, -0.25) is 4.79 Å². The summed E-state index contributed by atoms with van der Waals surface area (Å²) in [5.74, 6) is -0.966. The molecule has 1 unspecified atom stereocenters. The van der Waals surface area contributed by atoms with Gasteiger partial charge in [0.05, 0.1) is 12.5 Å². The van der Waals surface area contributed by atoms with E-state index in [2.05, 4.69) is 0 Å². The zero-order valence-electron chi connectivity index (χ0n) is 11.6. The number of rotatable bonds is 4. The van der Waals surface area contributed by atoms with E-state index < -0.39 is 11.5 Å². The number of ether oxygens (including phenoxy) is 1. The molecule has 1 aliphatic carbocycles. The van der Waals surface area contributed by atoms with Crippen molar-refractivity contribution in [2.24, 2.45) is 0 Å². The minimum Gasteiger partial charge on any atom is -0.479 e. The molecule has 2 rings (SSSR count). The maximum atomic E-state index is 12.3. The standard InChI is InChI=1S/C14H23NO4/c1-15(12(16)10-11-6-5-9-19-11)14(13(17)18)7-3-2-4-8-14/h11H,2-10H2,1H3,(H,17,18). The van der Waals surface area contributed by atoms with Crippen molar-refractivity contribution in [1.82, 2.24) is 4.90 Å². The van der Waals surface area contributed by atoms with Crippen molar-refractivity contribution < 1.29 is 19.4 Å². The second-order valence-electron chi connectivity index (χ2n) is 5.69. The Kier molecular flexibility index (Phi) is 4.45. The van der Waals surface area contributed by atoms with Gasteiger partial charge >= 0.3 is 5.97 Å². The fourth-order valence-electron chi connectivity index (χ4n) is 3.21. The van der Waals surface area contributed by atoms with E-state index in [1.54, 1.807) is 7.05 Å². The molecule has 5 nitrogen and oxygen atoms in total. The van der Waals surface area contributed by atoms with E-state index in [0.717, 1.165) is 32.1 Å². The average Bonchev–Trinajstić information content (AvgIpc) is 2.91. The van der Waals surface area contributed by atoms with Gasteiger partial charge in [0.1, 0.15) is 5.54 Å². The van der Waals surface area contributed by atoms with E-state index in [1.807, 2.05) is 0 Å². The number of nitrogens with zero attached hydrogens (tertiary/aromatic N) is 1. The molecule has 1 saturated carbocycles. The molecule has 0 spiro atoms. The van der Waals surface area contributed by atoms with Crippen LogP contribution in [0.15, 0.2) is 0 Å². The summed E-state index contributed by atoms with van der Waals surface area (Å²) in [4.78, 5) is 25.4. The van der Waals surface area contributed by atoms with Crippen molar-refractivity contribution in [3.63, 3.8) is 0 Å². The lowest BCUT2D eigenvalue weighted by Crippen LogP contribution is -2.56. The zero-order chi connectivity index (χ0) is 13.9. The number of amides is 1. The summed E-state index contributed by atoms with van der Waals surface area (Å²) in [7, 11) is 1.64. The molecule has 1 aliphatic heterocycles. The molecule has 0 aromatic carbocycles. The highest BCUT2D eigenvalue weighted by molar-refractivity contribution is 5.87. The molecule has 0 aromatic rings. The van der Waals surface area contributed by atoms with E-state index in [9.17, 15) is 14.7 Å². The maximum Gasteiger partial charge on any atom is 0.329 e. The van der Waals surface area contributed by atoms with E-state index in [4.69, 9.17) is 4.74 Å². The molecule has 2 aliphatic rings. The van der Waals surface area contributed by atoms with E-state index in [0.29, 0.717) is 25.9 Å². The molecule has 5 heteroatoms. The Hall–Kier alpha value is -1.10. The van der Waals surface area contributed by atoms with Crippen molar-refractivity contribution in [3.8, 4) is 0 Å². The van der Waals surface area contributed by atoms with Crippen molar-refractivity contribution >= 4 is 11.9 Å². The Bertz CT molecular complexity index is 343. The highest BCUT2D eigenvalue weighted by Gasteiger charge is 2.45. The van der Waals surface area contributed by atoms with Crippen LogP contribution < -0.4 is 0 Å². The van der Waals surface area contributed by atoms with Gasteiger partial charge in [0.2, 0.25) is 5.91 Å². The number of likely N-dealkylation sites (N-methyl/N-ethyl adjacent to an activating group) is 1. The Balaban J connectivity index is 2.03. The van der Waals surface area contributed by atoms with Crippen LogP contribution in [0.5, 0.6) is 0 Å². The van der Waals surface area contributed by atoms with Crippen LogP contribution in [0.2, 0.25) is 0 Å². The smallest absolute Gasteiger partial charge is 0.329 e. The molecule has 1 heterocycles. The van der Waals surface area contributed by atoms with Crippen LogP contribution in [0.3, 0.4) is 0 Å². The summed E-state index contributed by atoms with van der Waals surface area (Å²) >= 11 is 0. The zero-order valence-corrected chi connectivity index (χ0v) is 11.6. The van der Waals surface area contributed by atoms with Gasteiger partial charge in [-0.1, -0.05) is 19.3 Å². The fraction of sp³-hybridized carbons (Fsp3) is 0.857. The number of carboxylic acid groups (broad SMARTS) is 1. The quantitative estimate of drug-likeness (QED) is 0.845. The Morgan fingerprint density at radius 2 is 1.95 bits per heavy atom. The molecule has 0 aromatic heterocycles. The number of carbonyl (C=O) groups is 2. The monoisotopic (exact) mass is 269 g/mol. The minimum atomic E-state index is -0.992. The predicted molar refractivity (Wildman–Crippen MR) is 69.8 cm³/mol. The Labute approximate surface area is 113 Å². The van der Waals surface area contributed by atoms with Gasteiger partial charge in [-0.15, -0.1) is 0 Å². The average molecular weight is 269 g/mol. The summed E-state index contributed by atoms with van der Waals surface area (Å²) in [6.07, 6.45) is 6.13. The third kappa shape index (κ3) is 2.91. The van der Waals surface area contributed by atoms with Gasteiger partial charge in [-0.2, -0.15) is 0 Å². The summed E-state index contributed by atoms with van der Waals surface area (Å²) < 4.78 is 5.46. The van der Waals surface area contributed by atoms with E-state index in [-0.39, 0.29) is 12.0 Å². The normalized spacial score (nSPS) is 26.1. The van der Waals surface area contributed by atoms with Crippen molar-refractivity contribution in [3.05, 3.63) is 0 Å². The van der Waals surface area contributed by atoms with Gasteiger partial charge < -0.3 is 14.7 Å². The molecule has 2 fully saturated rings. The number of carboxylic acids is 1. The second-order valence-corrected chi connectivity index (χ2v) is 5.69. The first-order valence-electron chi connectivity index (χ1n) is 7.18. The van der Waals surface area contributed by atoms with Gasteiger partial charge in [0.15, 0.2) is 0 Å². The second kappa shape index (κ2) is 5.90. The number of aliphatic carboxylic acids is 1. The summed E-state index contributed by atoms with van der Waals surface area (Å²) in [6.45, 7) is 0.714. The predicted octanol–water partition coefficient (Wildman–Crippen LogP) is 1.80. The van der Waals surface area contributed by atoms with Crippen LogP contribution in [0.1, 0.15) is 51.4 Å². The third-order valence-electron chi connectivity index (χ3n) is 4.52. The van der Waals surface area contributed by atoms with Gasteiger partial charge in [-0.25, -0.2) is 4.79 Å². The fourth-order valence-corrected chi connectivity index (χ4v) is 3.21. The highest BCUT2D eigenvalue weighted by Crippen LogP contribution is 2.34. The van der Waals surface area contributed by atoms with Crippen LogP contribution in [0, 0.1) is 0 Å². The van der Waals surface area contributed by atoms with Crippen LogP contribution in [0.4, 0.5) is 0 Å². The number of carbonyl (C=O) groups excluding carboxylic acids is 1. The van der Waals surface area contributed by atoms with E-state index in [1.165, 1.54) is 4.90 Å². The molecule has 0 radical (unpaired) electrons. The van der Waals surface area contributed by atoms with Crippen molar-refractivity contribution in [1.29, 1.82) is 0 Å². The summed E-state index contributed by atoms with van der Waals surface area (Å²) in [5.41, 5.74) is -0.992. The Morgan fingerprint density at radius 1 is 1.26 bits per heavy atom. The Morgan fingerprint density at radius 3 is 2.47 bits per heavy atom. The van der Waals surface area contributed by atoms with Crippen molar-refractivity contribution in [2.75, 3.05) is 13.7 Å². The SMILES string of the molecule is CN(C(=O)CC1CCCO1)C1(C(=O)O)CCCCC1. The lowest BCUT2D eigenvalue weighted by molar-refractivity contribution is -0.161. The van der Waals surface area contributed by atoms with Crippen molar-refractivity contribution in [2.45, 2.75) is 63.0 Å². The first kappa shape index (κ1) is 14.3. The number of hydrogen-bond donors (Lipinski definition) is 1. The first-order valence-corrected chi connectivity index (χ1v) is 7.18. The molecule has 19 heavy (non-hydrogen) atoms. The van der Waals surface area contributed by atoms with Gasteiger partial charge in [0.25, 0.3) is 0 Å². The topological polar surface area (TPSA) is 66.8 Å². The summed E-state index contributed by atoms with van der Waals surface area (Å²) in [5, 5.41) is 9.54. The molecular weight excluding hydrogens is 246 g/mol. The van der Waals surface area contributed by atoms with E-state index >= 15 is 0 Å². The van der Waals surface area contributed by atoms with Gasteiger partial charge in [0, 0.05) is 13.7 Å². The molecule has 1 atom stereocenters. The number of hydrogen-bond acceptors (Lipinski definition) is 3. The lowest BCUT2D eigenvalue weighted by atomic mass is 9.80. The molecule has 1 amide bonds. The molecule has 1 N–H and O–H groups in total. The highest BCUT2D eigenvalue weighted by atomic mass is 16.5. The van der Waals surface area contributed by atoms with Crippen LogP contribution in [-0.2, 0) is 14.3 Å².